The van der Waals surface area contributed by atoms with E-state index in [9.17, 15) is 8.78 Å². The molecule has 0 saturated carbocycles. The molecule has 0 nitrogen and oxygen atoms in total. The van der Waals surface area contributed by atoms with Gasteiger partial charge in [0.2, 0.25) is 0 Å². The van der Waals surface area contributed by atoms with Crippen molar-refractivity contribution in [1.29, 1.82) is 0 Å². The largest absolute Gasteiger partial charge is 0.204 e. The van der Waals surface area contributed by atoms with E-state index < -0.39 is 11.6 Å². The average Bonchev–Trinajstić information content (AvgIpc) is 2.48. The lowest BCUT2D eigenvalue weighted by Gasteiger charge is -2.03. The number of rotatable bonds is 0. The van der Waals surface area contributed by atoms with Crippen molar-refractivity contribution >= 4 is 22.0 Å². The highest BCUT2D eigenvalue weighted by Crippen LogP contribution is 2.31. The molecule has 0 unspecified atom stereocenters. The number of fused-ring (bicyclic) bond motifs is 1. The molecule has 0 atom stereocenters. The van der Waals surface area contributed by atoms with Crippen molar-refractivity contribution in [1.82, 2.24) is 0 Å². The lowest BCUT2D eigenvalue weighted by Crippen LogP contribution is -1.94. The maximum absolute atomic E-state index is 13.0. The molecule has 1 aliphatic rings. The number of allylic oxidation sites excluding steroid dienone is 1. The van der Waals surface area contributed by atoms with Gasteiger partial charge in [-0.25, -0.2) is 8.78 Å². The molecule has 0 N–H and O–H groups in total. The van der Waals surface area contributed by atoms with Crippen molar-refractivity contribution in [3.8, 4) is 0 Å². The van der Waals surface area contributed by atoms with Crippen molar-refractivity contribution in [3.63, 3.8) is 0 Å². The van der Waals surface area contributed by atoms with E-state index in [-0.39, 0.29) is 0 Å². The molecule has 1 aromatic carbocycles. The topological polar surface area (TPSA) is 0 Å². The third-order valence-electron chi connectivity index (χ3n) is 1.92. The number of benzene rings is 1. The molecule has 62 valence electrons. The van der Waals surface area contributed by atoms with Gasteiger partial charge in [-0.1, -0.05) is 28.1 Å². The minimum absolute atomic E-state index is 0.446. The predicted octanol–water partition coefficient (Wildman–Crippen LogP) is 3.30. The number of hydrogen-bond donors (Lipinski definition) is 0. The van der Waals surface area contributed by atoms with Crippen molar-refractivity contribution in [2.75, 3.05) is 0 Å². The first-order valence-electron chi connectivity index (χ1n) is 3.53. The molecule has 0 aliphatic heterocycles. The summed E-state index contributed by atoms with van der Waals surface area (Å²) in [6, 6.07) is 1.16. The van der Waals surface area contributed by atoms with Gasteiger partial charge in [0.1, 0.15) is 0 Å². The van der Waals surface area contributed by atoms with E-state index in [1.807, 2.05) is 6.08 Å². The Kier molecular flexibility index (Phi) is 1.76. The molecule has 0 spiro atoms. The molecule has 0 heterocycles. The van der Waals surface area contributed by atoms with Gasteiger partial charge >= 0.3 is 0 Å². The second kappa shape index (κ2) is 2.66. The summed E-state index contributed by atoms with van der Waals surface area (Å²) in [6.07, 6.45) is 4.09. The van der Waals surface area contributed by atoms with E-state index >= 15 is 0 Å². The summed E-state index contributed by atoms with van der Waals surface area (Å²) >= 11 is 3.17. The Morgan fingerprint density at radius 3 is 2.83 bits per heavy atom. The molecule has 3 heteroatoms. The first-order valence-corrected chi connectivity index (χ1v) is 4.32. The molecule has 0 aromatic heterocycles. The molecule has 0 saturated heterocycles. The van der Waals surface area contributed by atoms with Gasteiger partial charge < -0.3 is 0 Å². The quantitative estimate of drug-likeness (QED) is 0.601. The van der Waals surface area contributed by atoms with E-state index in [2.05, 4.69) is 15.9 Å². The summed E-state index contributed by atoms with van der Waals surface area (Å²) in [5.74, 6) is -1.51. The first-order chi connectivity index (χ1) is 5.70. The summed E-state index contributed by atoms with van der Waals surface area (Å²) in [5, 5.41) is 0. The fraction of sp³-hybridized carbons (Fsp3) is 0.111. The molecule has 0 fully saturated rings. The van der Waals surface area contributed by atoms with Crippen LogP contribution in [0.15, 0.2) is 16.6 Å². The summed E-state index contributed by atoms with van der Waals surface area (Å²) in [4.78, 5) is 0. The van der Waals surface area contributed by atoms with E-state index in [4.69, 9.17) is 0 Å². The Morgan fingerprint density at radius 2 is 2.08 bits per heavy atom. The summed E-state index contributed by atoms with van der Waals surface area (Å²) in [6.45, 7) is 0. The summed E-state index contributed by atoms with van der Waals surface area (Å²) in [7, 11) is 0. The molecular formula is C9H5BrF2. The lowest BCUT2D eigenvalue weighted by molar-refractivity contribution is 0.500. The van der Waals surface area contributed by atoms with Gasteiger partial charge in [-0.15, -0.1) is 0 Å². The third kappa shape index (κ3) is 1.00. The zero-order valence-electron chi connectivity index (χ0n) is 6.07. The Labute approximate surface area is 77.0 Å². The Hall–Kier alpha value is -0.700. The van der Waals surface area contributed by atoms with E-state index in [1.54, 1.807) is 6.08 Å². The molecular weight excluding hydrogens is 226 g/mol. The molecule has 0 amide bonds. The zero-order chi connectivity index (χ0) is 8.72. The van der Waals surface area contributed by atoms with Gasteiger partial charge in [0.15, 0.2) is 11.6 Å². The van der Waals surface area contributed by atoms with Gasteiger partial charge in [0, 0.05) is 10.0 Å². The highest BCUT2D eigenvalue weighted by atomic mass is 79.9. The van der Waals surface area contributed by atoms with Crippen LogP contribution in [0.25, 0.3) is 6.08 Å². The minimum Gasteiger partial charge on any atom is -0.204 e. The SMILES string of the molecule is Fc1cc(Br)c2c(c1F)CC=C2. The van der Waals surface area contributed by atoms with Crippen molar-refractivity contribution < 1.29 is 8.78 Å². The first kappa shape index (κ1) is 7.92. The molecule has 2 rings (SSSR count). The standard InChI is InChI=1S/C9H5BrF2/c10-7-4-8(11)9(12)6-3-1-2-5(6)7/h1-2,4H,3H2. The smallest absolute Gasteiger partial charge is 0.163 e. The highest BCUT2D eigenvalue weighted by Gasteiger charge is 2.17. The second-order valence-electron chi connectivity index (χ2n) is 2.65. The van der Waals surface area contributed by atoms with Crippen molar-refractivity contribution in [3.05, 3.63) is 39.4 Å². The van der Waals surface area contributed by atoms with Crippen LogP contribution in [0.2, 0.25) is 0 Å². The van der Waals surface area contributed by atoms with Gasteiger partial charge in [0.25, 0.3) is 0 Å². The number of halogens is 3. The van der Waals surface area contributed by atoms with Crippen LogP contribution >= 0.6 is 15.9 Å². The van der Waals surface area contributed by atoms with Crippen LogP contribution < -0.4 is 0 Å². The maximum Gasteiger partial charge on any atom is 0.163 e. The van der Waals surface area contributed by atoms with Crippen LogP contribution in [-0.4, -0.2) is 0 Å². The molecule has 1 aliphatic carbocycles. The van der Waals surface area contributed by atoms with E-state index in [0.29, 0.717) is 16.5 Å². The monoisotopic (exact) mass is 230 g/mol. The fourth-order valence-electron chi connectivity index (χ4n) is 1.33. The predicted molar refractivity (Wildman–Crippen MR) is 46.8 cm³/mol. The van der Waals surface area contributed by atoms with Crippen LogP contribution in [0.4, 0.5) is 8.78 Å². The highest BCUT2D eigenvalue weighted by molar-refractivity contribution is 9.10. The molecule has 1 aromatic rings. The van der Waals surface area contributed by atoms with E-state index in [0.717, 1.165) is 11.6 Å². The van der Waals surface area contributed by atoms with Gasteiger partial charge in [-0.2, -0.15) is 0 Å². The Morgan fingerprint density at radius 1 is 1.33 bits per heavy atom. The summed E-state index contributed by atoms with van der Waals surface area (Å²) < 4.78 is 26.5. The molecule has 0 bridgehead atoms. The maximum atomic E-state index is 13.0. The third-order valence-corrected chi connectivity index (χ3v) is 2.57. The van der Waals surface area contributed by atoms with Crippen LogP contribution in [0.5, 0.6) is 0 Å². The van der Waals surface area contributed by atoms with Gasteiger partial charge in [-0.3, -0.25) is 0 Å². The van der Waals surface area contributed by atoms with Crippen LogP contribution in [0, 0.1) is 11.6 Å². The lowest BCUT2D eigenvalue weighted by atomic mass is 10.1. The van der Waals surface area contributed by atoms with Gasteiger partial charge in [-0.05, 0) is 18.1 Å². The van der Waals surface area contributed by atoms with Crippen LogP contribution in [-0.2, 0) is 6.42 Å². The van der Waals surface area contributed by atoms with Crippen molar-refractivity contribution in [2.24, 2.45) is 0 Å². The molecule has 12 heavy (non-hydrogen) atoms. The Balaban J connectivity index is 2.74. The number of hydrogen-bond acceptors (Lipinski definition) is 0. The zero-order valence-corrected chi connectivity index (χ0v) is 7.66. The van der Waals surface area contributed by atoms with Crippen LogP contribution in [0.3, 0.4) is 0 Å². The second-order valence-corrected chi connectivity index (χ2v) is 3.51. The van der Waals surface area contributed by atoms with Crippen molar-refractivity contribution in [2.45, 2.75) is 6.42 Å². The van der Waals surface area contributed by atoms with E-state index in [1.165, 1.54) is 0 Å². The van der Waals surface area contributed by atoms with Gasteiger partial charge in [0.05, 0.1) is 0 Å². The van der Waals surface area contributed by atoms with Crippen LogP contribution in [0.1, 0.15) is 11.1 Å². The normalized spacial score (nSPS) is 13.6. The average molecular weight is 231 g/mol. The summed E-state index contributed by atoms with van der Waals surface area (Å²) in [5.41, 5.74) is 1.20. The fourth-order valence-corrected chi connectivity index (χ4v) is 1.91. The molecule has 0 radical (unpaired) electrons. The minimum atomic E-state index is -0.788. The Bertz CT molecular complexity index is 369.